The Morgan fingerprint density at radius 3 is 2.46 bits per heavy atom. The molecule has 0 aliphatic carbocycles. The molecule has 142 valence electrons. The number of carbonyl (C=O) groups excluding carboxylic acids is 2. The normalized spacial score (nSPS) is 10.2. The number of amides is 2. The standard InChI is InChI=1S/C22H21N3O3/c1-15-5-3-4-6-19(15)25-22(27)20-13-17(11-12-23-20)21(26)24-14-16-7-9-18(28-2)10-8-16/h3-13H,14H2,1-2H3,(H,24,26)(H,25,27). The number of para-hydroxylation sites is 1. The molecular formula is C22H21N3O3. The van der Waals surface area contributed by atoms with E-state index in [4.69, 9.17) is 4.74 Å². The molecule has 0 fully saturated rings. The van der Waals surface area contributed by atoms with Crippen LogP contribution >= 0.6 is 0 Å². The van der Waals surface area contributed by atoms with Gasteiger partial charge in [-0.1, -0.05) is 30.3 Å². The van der Waals surface area contributed by atoms with E-state index in [1.165, 1.54) is 12.3 Å². The molecule has 0 aliphatic heterocycles. The highest BCUT2D eigenvalue weighted by Gasteiger charge is 2.13. The van der Waals surface area contributed by atoms with Crippen molar-refractivity contribution in [3.63, 3.8) is 0 Å². The summed E-state index contributed by atoms with van der Waals surface area (Å²) in [5.74, 6) is 0.121. The Bertz CT molecular complexity index is 984. The van der Waals surface area contributed by atoms with Gasteiger partial charge in [-0.15, -0.1) is 0 Å². The summed E-state index contributed by atoms with van der Waals surface area (Å²) in [6.45, 7) is 2.28. The number of nitrogens with zero attached hydrogens (tertiary/aromatic N) is 1. The molecule has 2 N–H and O–H groups in total. The predicted octanol–water partition coefficient (Wildman–Crippen LogP) is 3.58. The first-order valence-electron chi connectivity index (χ1n) is 8.81. The average molecular weight is 375 g/mol. The van der Waals surface area contributed by atoms with Crippen molar-refractivity contribution in [3.8, 4) is 5.75 Å². The number of nitrogens with one attached hydrogen (secondary N) is 2. The number of aromatic nitrogens is 1. The van der Waals surface area contributed by atoms with E-state index in [1.54, 1.807) is 13.2 Å². The second-order valence-corrected chi connectivity index (χ2v) is 6.23. The Kier molecular flexibility index (Phi) is 6.01. The first-order valence-corrected chi connectivity index (χ1v) is 8.81. The highest BCUT2D eigenvalue weighted by Crippen LogP contribution is 2.15. The highest BCUT2D eigenvalue weighted by atomic mass is 16.5. The number of methoxy groups -OCH3 is 1. The molecule has 0 aliphatic rings. The third kappa shape index (κ3) is 4.73. The summed E-state index contributed by atoms with van der Waals surface area (Å²) >= 11 is 0. The summed E-state index contributed by atoms with van der Waals surface area (Å²) in [4.78, 5) is 29.0. The zero-order chi connectivity index (χ0) is 19.9. The Balaban J connectivity index is 1.65. The molecule has 1 aromatic heterocycles. The first kappa shape index (κ1) is 19.1. The number of ether oxygens (including phenoxy) is 1. The molecule has 3 rings (SSSR count). The lowest BCUT2D eigenvalue weighted by Gasteiger charge is -2.09. The van der Waals surface area contributed by atoms with Crippen molar-refractivity contribution in [2.75, 3.05) is 12.4 Å². The van der Waals surface area contributed by atoms with Gasteiger partial charge in [0.25, 0.3) is 11.8 Å². The molecule has 0 unspecified atom stereocenters. The van der Waals surface area contributed by atoms with Gasteiger partial charge in [0.05, 0.1) is 7.11 Å². The molecule has 2 amide bonds. The number of carbonyl (C=O) groups is 2. The zero-order valence-corrected chi connectivity index (χ0v) is 15.7. The van der Waals surface area contributed by atoms with Crippen molar-refractivity contribution in [1.29, 1.82) is 0 Å². The van der Waals surface area contributed by atoms with E-state index >= 15 is 0 Å². The van der Waals surface area contributed by atoms with E-state index in [9.17, 15) is 9.59 Å². The van der Waals surface area contributed by atoms with Gasteiger partial charge in [0, 0.05) is 24.0 Å². The fourth-order valence-electron chi connectivity index (χ4n) is 2.62. The van der Waals surface area contributed by atoms with Crippen LogP contribution in [0.5, 0.6) is 5.75 Å². The number of pyridine rings is 1. The number of rotatable bonds is 6. The predicted molar refractivity (Wildman–Crippen MR) is 108 cm³/mol. The molecule has 6 heteroatoms. The molecule has 1 heterocycles. The molecule has 0 saturated heterocycles. The lowest BCUT2D eigenvalue weighted by Crippen LogP contribution is -2.23. The van der Waals surface area contributed by atoms with E-state index in [2.05, 4.69) is 15.6 Å². The van der Waals surface area contributed by atoms with Crippen LogP contribution in [-0.4, -0.2) is 23.9 Å². The van der Waals surface area contributed by atoms with Gasteiger partial charge in [0.15, 0.2) is 0 Å². The summed E-state index contributed by atoms with van der Waals surface area (Å²) < 4.78 is 5.12. The van der Waals surface area contributed by atoms with Gasteiger partial charge in [-0.05, 0) is 48.4 Å². The van der Waals surface area contributed by atoms with Crippen LogP contribution in [0.1, 0.15) is 32.0 Å². The summed E-state index contributed by atoms with van der Waals surface area (Å²) in [7, 11) is 1.60. The molecule has 28 heavy (non-hydrogen) atoms. The monoisotopic (exact) mass is 375 g/mol. The van der Waals surface area contributed by atoms with Crippen LogP contribution in [0.2, 0.25) is 0 Å². The van der Waals surface area contributed by atoms with Crippen molar-refractivity contribution in [2.45, 2.75) is 13.5 Å². The number of hydrogen-bond donors (Lipinski definition) is 2. The second-order valence-electron chi connectivity index (χ2n) is 6.23. The molecule has 2 aromatic carbocycles. The molecule has 0 bridgehead atoms. The van der Waals surface area contributed by atoms with Gasteiger partial charge in [0.1, 0.15) is 11.4 Å². The van der Waals surface area contributed by atoms with Gasteiger partial charge in [-0.3, -0.25) is 14.6 Å². The van der Waals surface area contributed by atoms with Crippen LogP contribution in [-0.2, 0) is 6.54 Å². The molecule has 0 saturated carbocycles. The zero-order valence-electron chi connectivity index (χ0n) is 15.7. The van der Waals surface area contributed by atoms with Gasteiger partial charge in [0.2, 0.25) is 0 Å². The maximum absolute atomic E-state index is 12.5. The minimum absolute atomic E-state index is 0.181. The van der Waals surface area contributed by atoms with E-state index < -0.39 is 0 Å². The second kappa shape index (κ2) is 8.81. The van der Waals surface area contributed by atoms with Crippen LogP contribution in [0.3, 0.4) is 0 Å². The number of anilines is 1. The average Bonchev–Trinajstić information content (AvgIpc) is 2.74. The van der Waals surface area contributed by atoms with Crippen LogP contribution in [0.25, 0.3) is 0 Å². The molecule has 0 atom stereocenters. The SMILES string of the molecule is COc1ccc(CNC(=O)c2ccnc(C(=O)Nc3ccccc3C)c2)cc1. The number of benzene rings is 2. The molecule has 6 nitrogen and oxygen atoms in total. The minimum Gasteiger partial charge on any atom is -0.497 e. The third-order valence-electron chi connectivity index (χ3n) is 4.26. The maximum atomic E-state index is 12.5. The van der Waals surface area contributed by atoms with E-state index in [0.717, 1.165) is 16.9 Å². The van der Waals surface area contributed by atoms with Crippen LogP contribution in [0.15, 0.2) is 66.9 Å². The van der Waals surface area contributed by atoms with Crippen molar-refractivity contribution in [3.05, 3.63) is 89.2 Å². The first-order chi connectivity index (χ1) is 13.6. The molecule has 0 spiro atoms. The van der Waals surface area contributed by atoms with Crippen molar-refractivity contribution < 1.29 is 14.3 Å². The molecular weight excluding hydrogens is 354 g/mol. The largest absolute Gasteiger partial charge is 0.497 e. The van der Waals surface area contributed by atoms with E-state index in [0.29, 0.717) is 17.8 Å². The van der Waals surface area contributed by atoms with Crippen molar-refractivity contribution in [2.24, 2.45) is 0 Å². The quantitative estimate of drug-likeness (QED) is 0.690. The summed E-state index contributed by atoms with van der Waals surface area (Å²) in [6.07, 6.45) is 1.45. The van der Waals surface area contributed by atoms with Crippen LogP contribution in [0, 0.1) is 6.92 Å². The van der Waals surface area contributed by atoms with Crippen molar-refractivity contribution in [1.82, 2.24) is 10.3 Å². The lowest BCUT2D eigenvalue weighted by molar-refractivity contribution is 0.0951. The minimum atomic E-state index is -0.362. The Labute approximate surface area is 163 Å². The Morgan fingerprint density at radius 1 is 1.00 bits per heavy atom. The topological polar surface area (TPSA) is 80.3 Å². The Morgan fingerprint density at radius 2 is 1.75 bits per heavy atom. The van der Waals surface area contributed by atoms with Gasteiger partial charge >= 0.3 is 0 Å². The maximum Gasteiger partial charge on any atom is 0.274 e. The van der Waals surface area contributed by atoms with Crippen molar-refractivity contribution >= 4 is 17.5 Å². The summed E-state index contributed by atoms with van der Waals surface area (Å²) in [5.41, 5.74) is 3.16. The molecule has 3 aromatic rings. The third-order valence-corrected chi connectivity index (χ3v) is 4.26. The fourth-order valence-corrected chi connectivity index (χ4v) is 2.62. The van der Waals surface area contributed by atoms with E-state index in [1.807, 2.05) is 55.5 Å². The van der Waals surface area contributed by atoms with Gasteiger partial charge in [-0.2, -0.15) is 0 Å². The summed E-state index contributed by atoms with van der Waals surface area (Å²) in [5, 5.41) is 5.65. The van der Waals surface area contributed by atoms with Crippen LogP contribution < -0.4 is 15.4 Å². The smallest absolute Gasteiger partial charge is 0.274 e. The van der Waals surface area contributed by atoms with Crippen LogP contribution in [0.4, 0.5) is 5.69 Å². The highest BCUT2D eigenvalue weighted by molar-refractivity contribution is 6.05. The molecule has 0 radical (unpaired) electrons. The lowest BCUT2D eigenvalue weighted by atomic mass is 10.1. The Hall–Kier alpha value is -3.67. The van der Waals surface area contributed by atoms with Gasteiger partial charge < -0.3 is 15.4 Å². The van der Waals surface area contributed by atoms with Gasteiger partial charge in [-0.25, -0.2) is 0 Å². The summed E-state index contributed by atoms with van der Waals surface area (Å²) in [6, 6.07) is 18.0. The number of hydrogen-bond acceptors (Lipinski definition) is 4. The van der Waals surface area contributed by atoms with E-state index in [-0.39, 0.29) is 17.5 Å². The fraction of sp³-hybridized carbons (Fsp3) is 0.136. The number of aryl methyl sites for hydroxylation is 1.